The van der Waals surface area contributed by atoms with Crippen molar-refractivity contribution in [3.8, 4) is 23.0 Å². The average Bonchev–Trinajstić information content (AvgIpc) is 3.42. The lowest BCUT2D eigenvalue weighted by Gasteiger charge is -2.21. The molecule has 0 atom stereocenters. The molecule has 0 radical (unpaired) electrons. The molecule has 1 heterocycles. The molecule has 0 bridgehead atoms. The largest absolute Gasteiger partial charge is 0.493 e. The Kier molecular flexibility index (Phi) is 6.72. The van der Waals surface area contributed by atoms with E-state index in [1.165, 1.54) is 6.08 Å². The lowest BCUT2D eigenvalue weighted by molar-refractivity contribution is -0.142. The van der Waals surface area contributed by atoms with E-state index in [1.807, 2.05) is 6.92 Å². The van der Waals surface area contributed by atoms with Crippen molar-refractivity contribution in [2.75, 3.05) is 25.6 Å². The Morgan fingerprint density at radius 2 is 1.85 bits per heavy atom. The summed E-state index contributed by atoms with van der Waals surface area (Å²) in [5.41, 5.74) is 1.28. The van der Waals surface area contributed by atoms with E-state index in [9.17, 15) is 9.59 Å². The molecule has 1 saturated carbocycles. The van der Waals surface area contributed by atoms with Crippen LogP contribution in [0.2, 0.25) is 0 Å². The van der Waals surface area contributed by atoms with Crippen LogP contribution in [0.15, 0.2) is 42.5 Å². The molecule has 1 amide bonds. The molecule has 2 aromatic rings. The van der Waals surface area contributed by atoms with Crippen molar-refractivity contribution in [1.29, 1.82) is 0 Å². The number of anilines is 1. The van der Waals surface area contributed by atoms with E-state index in [0.29, 0.717) is 35.3 Å². The number of nitrogens with one attached hydrogen (secondary N) is 1. The quantitative estimate of drug-likeness (QED) is 0.470. The molecular weight excluding hydrogens is 426 g/mol. The molecule has 0 saturated heterocycles. The van der Waals surface area contributed by atoms with Gasteiger partial charge in [-0.1, -0.05) is 6.07 Å². The highest BCUT2D eigenvalue weighted by molar-refractivity contribution is 5.95. The number of hydrogen-bond acceptors (Lipinski definition) is 7. The number of amides is 1. The maximum atomic E-state index is 12.2. The molecule has 2 aromatic carbocycles. The van der Waals surface area contributed by atoms with Gasteiger partial charge in [-0.3, -0.25) is 4.79 Å². The second-order valence-corrected chi connectivity index (χ2v) is 7.82. The summed E-state index contributed by atoms with van der Waals surface area (Å²) in [6, 6.07) is 10.5. The van der Waals surface area contributed by atoms with E-state index in [-0.39, 0.29) is 0 Å². The van der Waals surface area contributed by atoms with Gasteiger partial charge < -0.3 is 29.0 Å². The van der Waals surface area contributed by atoms with Crippen molar-refractivity contribution in [1.82, 2.24) is 0 Å². The molecule has 174 valence electrons. The van der Waals surface area contributed by atoms with E-state index >= 15 is 0 Å². The Hall–Kier alpha value is -3.68. The summed E-state index contributed by atoms with van der Waals surface area (Å²) < 4.78 is 27.8. The standard InChI is InChI=1S/C25H27NO7/c1-3-30-19-9-6-17(14-21(19)29-2)7-11-24(28)31-16-23(27)26-18-8-10-20-22(15-18)33-25(32-20)12-4-5-13-25/h6-11,14-15H,3-5,12-13,16H2,1-2H3,(H,26,27)/b11-7+. The Morgan fingerprint density at radius 3 is 2.61 bits per heavy atom. The van der Waals surface area contributed by atoms with Gasteiger partial charge in [0.2, 0.25) is 0 Å². The lowest BCUT2D eigenvalue weighted by atomic mass is 10.2. The molecule has 1 aliphatic heterocycles. The highest BCUT2D eigenvalue weighted by Crippen LogP contribution is 2.47. The molecule has 2 aliphatic rings. The predicted octanol–water partition coefficient (Wildman–Crippen LogP) is 4.33. The summed E-state index contributed by atoms with van der Waals surface area (Å²) in [6.07, 6.45) is 6.69. The van der Waals surface area contributed by atoms with E-state index in [0.717, 1.165) is 31.2 Å². The number of hydrogen-bond donors (Lipinski definition) is 1. The molecule has 0 aromatic heterocycles. The Morgan fingerprint density at radius 1 is 1.06 bits per heavy atom. The minimum absolute atomic E-state index is 0.409. The van der Waals surface area contributed by atoms with Crippen LogP contribution < -0.4 is 24.3 Å². The van der Waals surface area contributed by atoms with Crippen LogP contribution >= 0.6 is 0 Å². The molecule has 0 unspecified atom stereocenters. The number of methoxy groups -OCH3 is 1. The molecule has 1 aliphatic carbocycles. The monoisotopic (exact) mass is 453 g/mol. The molecule has 1 spiro atoms. The number of rotatable bonds is 8. The Bertz CT molecular complexity index is 1060. The topological polar surface area (TPSA) is 92.3 Å². The first-order chi connectivity index (χ1) is 16.0. The maximum absolute atomic E-state index is 12.2. The number of ether oxygens (including phenoxy) is 5. The van der Waals surface area contributed by atoms with Gasteiger partial charge in [0.05, 0.1) is 13.7 Å². The van der Waals surface area contributed by atoms with Crippen molar-refractivity contribution < 1.29 is 33.3 Å². The van der Waals surface area contributed by atoms with Crippen molar-refractivity contribution in [2.45, 2.75) is 38.4 Å². The summed E-state index contributed by atoms with van der Waals surface area (Å²) >= 11 is 0. The molecule has 33 heavy (non-hydrogen) atoms. The van der Waals surface area contributed by atoms with Crippen molar-refractivity contribution in [2.24, 2.45) is 0 Å². The first-order valence-electron chi connectivity index (χ1n) is 11.0. The first-order valence-corrected chi connectivity index (χ1v) is 11.0. The van der Waals surface area contributed by atoms with Crippen molar-refractivity contribution in [3.63, 3.8) is 0 Å². The van der Waals surface area contributed by atoms with Crippen LogP contribution in [-0.4, -0.2) is 38.0 Å². The van der Waals surface area contributed by atoms with E-state index in [4.69, 9.17) is 23.7 Å². The molecular formula is C25H27NO7. The van der Waals surface area contributed by atoms with Gasteiger partial charge in [-0.25, -0.2) is 4.79 Å². The van der Waals surface area contributed by atoms with Crippen LogP contribution in [0.5, 0.6) is 23.0 Å². The van der Waals surface area contributed by atoms with Crippen molar-refractivity contribution >= 4 is 23.6 Å². The summed E-state index contributed by atoms with van der Waals surface area (Å²) in [4.78, 5) is 24.2. The fourth-order valence-corrected chi connectivity index (χ4v) is 3.90. The number of carbonyl (C=O) groups excluding carboxylic acids is 2. The van der Waals surface area contributed by atoms with Gasteiger partial charge >= 0.3 is 5.97 Å². The summed E-state index contributed by atoms with van der Waals surface area (Å²) in [6.45, 7) is 2.00. The third kappa shape index (κ3) is 5.39. The van der Waals surface area contributed by atoms with Gasteiger partial charge in [-0.15, -0.1) is 0 Å². The number of benzene rings is 2. The molecule has 1 fully saturated rings. The molecule has 8 heteroatoms. The Balaban J connectivity index is 1.27. The zero-order valence-corrected chi connectivity index (χ0v) is 18.7. The van der Waals surface area contributed by atoms with Crippen LogP contribution in [0.1, 0.15) is 38.2 Å². The molecule has 1 N–H and O–H groups in total. The SMILES string of the molecule is CCOc1ccc(/C=C/C(=O)OCC(=O)Nc2ccc3c(c2)OC2(CCCC2)O3)cc1OC. The number of esters is 1. The smallest absolute Gasteiger partial charge is 0.331 e. The maximum Gasteiger partial charge on any atom is 0.331 e. The average molecular weight is 453 g/mol. The Labute approximate surface area is 192 Å². The van der Waals surface area contributed by atoms with Gasteiger partial charge in [0, 0.05) is 30.7 Å². The normalized spacial score (nSPS) is 15.6. The summed E-state index contributed by atoms with van der Waals surface area (Å²) in [5, 5.41) is 2.71. The van der Waals surface area contributed by atoms with Crippen LogP contribution in [-0.2, 0) is 14.3 Å². The minimum atomic E-state index is -0.633. The molecule has 4 rings (SSSR count). The highest BCUT2D eigenvalue weighted by Gasteiger charge is 2.44. The second-order valence-electron chi connectivity index (χ2n) is 7.82. The predicted molar refractivity (Wildman–Crippen MR) is 122 cm³/mol. The fourth-order valence-electron chi connectivity index (χ4n) is 3.90. The highest BCUT2D eigenvalue weighted by atomic mass is 16.7. The second kappa shape index (κ2) is 9.85. The van der Waals surface area contributed by atoms with E-state index in [1.54, 1.807) is 49.6 Å². The zero-order chi connectivity index (χ0) is 23.3. The molecule has 8 nitrogen and oxygen atoms in total. The fraction of sp³-hybridized carbons (Fsp3) is 0.360. The van der Waals surface area contributed by atoms with E-state index in [2.05, 4.69) is 5.32 Å². The van der Waals surface area contributed by atoms with Gasteiger partial charge in [0.25, 0.3) is 11.7 Å². The van der Waals surface area contributed by atoms with Gasteiger partial charge in [0.15, 0.2) is 29.6 Å². The minimum Gasteiger partial charge on any atom is -0.493 e. The first kappa shape index (κ1) is 22.5. The van der Waals surface area contributed by atoms with Crippen LogP contribution in [0.3, 0.4) is 0 Å². The zero-order valence-electron chi connectivity index (χ0n) is 18.7. The summed E-state index contributed by atoms with van der Waals surface area (Å²) in [7, 11) is 1.55. The number of fused-ring (bicyclic) bond motifs is 1. The van der Waals surface area contributed by atoms with Crippen LogP contribution in [0, 0.1) is 0 Å². The third-order valence-corrected chi connectivity index (χ3v) is 5.43. The van der Waals surface area contributed by atoms with Gasteiger partial charge in [-0.05, 0) is 55.7 Å². The van der Waals surface area contributed by atoms with Crippen molar-refractivity contribution in [3.05, 3.63) is 48.0 Å². The van der Waals surface area contributed by atoms with Gasteiger partial charge in [-0.2, -0.15) is 0 Å². The summed E-state index contributed by atoms with van der Waals surface area (Å²) in [5.74, 6) is 0.839. The number of carbonyl (C=O) groups is 2. The van der Waals surface area contributed by atoms with Crippen LogP contribution in [0.25, 0.3) is 6.08 Å². The van der Waals surface area contributed by atoms with E-state index < -0.39 is 24.3 Å². The third-order valence-electron chi connectivity index (χ3n) is 5.43. The van der Waals surface area contributed by atoms with Gasteiger partial charge in [0.1, 0.15) is 0 Å². The van der Waals surface area contributed by atoms with Crippen LogP contribution in [0.4, 0.5) is 5.69 Å². The lowest BCUT2D eigenvalue weighted by Crippen LogP contribution is -2.34.